The molecule has 5 heteroatoms. The molecule has 0 atom stereocenters. The summed E-state index contributed by atoms with van der Waals surface area (Å²) < 4.78 is 33.2. The quantitative estimate of drug-likeness (QED) is 0.780. The van der Waals surface area contributed by atoms with Crippen LogP contribution in [0.4, 0.5) is 8.78 Å². The molecule has 0 fully saturated rings. The van der Waals surface area contributed by atoms with Crippen LogP contribution in [-0.2, 0) is 6.61 Å². The van der Waals surface area contributed by atoms with Gasteiger partial charge in [0.05, 0.1) is 18.4 Å². The third-order valence-corrected chi connectivity index (χ3v) is 3.24. The summed E-state index contributed by atoms with van der Waals surface area (Å²) in [5, 5.41) is 18.8. The predicted octanol–water partition coefficient (Wildman–Crippen LogP) is 3.74. The minimum Gasteiger partial charge on any atom is -0.464 e. The molecule has 0 aliphatic rings. The van der Waals surface area contributed by atoms with Crippen LogP contribution in [-0.4, -0.2) is 5.11 Å². The SMILES string of the molecule is N#Cc1cc(F)cc(-c2cc(CO)cc3ccoc23)c1F. The fourth-order valence-corrected chi connectivity index (χ4v) is 2.30. The van der Waals surface area contributed by atoms with Crippen molar-refractivity contribution in [2.75, 3.05) is 0 Å². The first kappa shape index (κ1) is 13.3. The molecule has 21 heavy (non-hydrogen) atoms. The fraction of sp³-hybridized carbons (Fsp3) is 0.0625. The molecule has 3 aromatic rings. The molecular weight excluding hydrogens is 276 g/mol. The summed E-state index contributed by atoms with van der Waals surface area (Å²) in [6.45, 7) is -0.240. The number of furan rings is 1. The largest absolute Gasteiger partial charge is 0.464 e. The van der Waals surface area contributed by atoms with E-state index in [0.717, 1.165) is 12.1 Å². The summed E-state index contributed by atoms with van der Waals surface area (Å²) in [6.07, 6.45) is 1.43. The van der Waals surface area contributed by atoms with Gasteiger partial charge in [0.15, 0.2) is 0 Å². The lowest BCUT2D eigenvalue weighted by molar-refractivity contribution is 0.282. The third kappa shape index (κ3) is 2.16. The summed E-state index contributed by atoms with van der Waals surface area (Å²) in [5.74, 6) is -1.52. The molecular formula is C16H9F2NO2. The standard InChI is InChI=1S/C16H9F2NO2/c17-12-5-11(7-19)15(18)13(6-12)14-4-9(8-20)3-10-1-2-21-16(10)14/h1-6,20H,8H2. The zero-order valence-corrected chi connectivity index (χ0v) is 10.7. The first-order chi connectivity index (χ1) is 10.1. The number of aliphatic hydroxyl groups excluding tert-OH is 1. The van der Waals surface area contributed by atoms with Crippen LogP contribution in [0, 0.1) is 23.0 Å². The normalized spacial score (nSPS) is 10.8. The van der Waals surface area contributed by atoms with Gasteiger partial charge < -0.3 is 9.52 Å². The van der Waals surface area contributed by atoms with Crippen LogP contribution < -0.4 is 0 Å². The second-order valence-electron chi connectivity index (χ2n) is 4.57. The van der Waals surface area contributed by atoms with Crippen molar-refractivity contribution in [2.45, 2.75) is 6.61 Å². The van der Waals surface area contributed by atoms with Gasteiger partial charge in [-0.2, -0.15) is 5.26 Å². The fourth-order valence-electron chi connectivity index (χ4n) is 2.30. The van der Waals surface area contributed by atoms with Crippen LogP contribution in [0.15, 0.2) is 41.0 Å². The van der Waals surface area contributed by atoms with Crippen LogP contribution in [0.25, 0.3) is 22.1 Å². The summed E-state index contributed by atoms with van der Waals surface area (Å²) >= 11 is 0. The highest BCUT2D eigenvalue weighted by Crippen LogP contribution is 2.34. The Bertz CT molecular complexity index is 878. The Kier molecular flexibility index (Phi) is 3.16. The molecule has 0 bridgehead atoms. The minimum absolute atomic E-state index is 0.0678. The highest BCUT2D eigenvalue weighted by atomic mass is 19.1. The van der Waals surface area contributed by atoms with Gasteiger partial charge in [0.1, 0.15) is 23.3 Å². The third-order valence-electron chi connectivity index (χ3n) is 3.24. The smallest absolute Gasteiger partial charge is 0.149 e. The van der Waals surface area contributed by atoms with E-state index in [0.29, 0.717) is 22.1 Å². The van der Waals surface area contributed by atoms with Crippen molar-refractivity contribution in [1.29, 1.82) is 5.26 Å². The van der Waals surface area contributed by atoms with Crippen molar-refractivity contribution >= 4 is 11.0 Å². The van der Waals surface area contributed by atoms with Crippen LogP contribution in [0.3, 0.4) is 0 Å². The van der Waals surface area contributed by atoms with Crippen LogP contribution in [0.1, 0.15) is 11.1 Å². The maximum atomic E-state index is 14.3. The van der Waals surface area contributed by atoms with Crippen molar-refractivity contribution in [3.8, 4) is 17.2 Å². The van der Waals surface area contributed by atoms with Gasteiger partial charge in [-0.3, -0.25) is 0 Å². The van der Waals surface area contributed by atoms with Gasteiger partial charge in [0, 0.05) is 16.5 Å². The molecule has 1 heterocycles. The van der Waals surface area contributed by atoms with E-state index in [2.05, 4.69) is 0 Å². The second kappa shape index (κ2) is 5.00. The zero-order valence-electron chi connectivity index (χ0n) is 10.7. The number of hydrogen-bond donors (Lipinski definition) is 1. The number of nitriles is 1. The molecule has 0 aliphatic carbocycles. The Labute approximate surface area is 118 Å². The number of fused-ring (bicyclic) bond motifs is 1. The lowest BCUT2D eigenvalue weighted by Gasteiger charge is -2.08. The molecule has 1 aromatic heterocycles. The molecule has 104 valence electrons. The van der Waals surface area contributed by atoms with Gasteiger partial charge in [0.25, 0.3) is 0 Å². The molecule has 0 amide bonds. The number of benzene rings is 2. The lowest BCUT2D eigenvalue weighted by Crippen LogP contribution is -1.94. The molecule has 3 nitrogen and oxygen atoms in total. The van der Waals surface area contributed by atoms with Gasteiger partial charge in [-0.15, -0.1) is 0 Å². The Morgan fingerprint density at radius 3 is 2.67 bits per heavy atom. The average molecular weight is 285 g/mol. The monoisotopic (exact) mass is 285 g/mol. The second-order valence-corrected chi connectivity index (χ2v) is 4.57. The molecule has 0 unspecified atom stereocenters. The Hall–Kier alpha value is -2.71. The van der Waals surface area contributed by atoms with Crippen molar-refractivity contribution in [3.63, 3.8) is 0 Å². The van der Waals surface area contributed by atoms with E-state index in [-0.39, 0.29) is 17.7 Å². The molecule has 2 aromatic carbocycles. The summed E-state index contributed by atoms with van der Waals surface area (Å²) in [7, 11) is 0. The summed E-state index contributed by atoms with van der Waals surface area (Å²) in [6, 6.07) is 8.36. The van der Waals surface area contributed by atoms with Crippen molar-refractivity contribution in [3.05, 3.63) is 59.4 Å². The zero-order chi connectivity index (χ0) is 15.0. The molecule has 0 radical (unpaired) electrons. The summed E-state index contributed by atoms with van der Waals surface area (Å²) in [5.41, 5.74) is 0.776. The minimum atomic E-state index is -0.813. The molecule has 0 aliphatic heterocycles. The first-order valence-electron chi connectivity index (χ1n) is 6.14. The highest BCUT2D eigenvalue weighted by Gasteiger charge is 2.17. The van der Waals surface area contributed by atoms with Crippen LogP contribution in [0.2, 0.25) is 0 Å². The van der Waals surface area contributed by atoms with E-state index < -0.39 is 11.6 Å². The molecule has 0 saturated heterocycles. The Morgan fingerprint density at radius 2 is 1.95 bits per heavy atom. The Balaban J connectivity index is 2.37. The van der Waals surface area contributed by atoms with Gasteiger partial charge in [-0.1, -0.05) is 0 Å². The molecule has 3 rings (SSSR count). The highest BCUT2D eigenvalue weighted by molar-refractivity contribution is 5.93. The van der Waals surface area contributed by atoms with E-state index in [4.69, 9.17) is 9.68 Å². The number of hydrogen-bond acceptors (Lipinski definition) is 3. The number of rotatable bonds is 2. The lowest BCUT2D eigenvalue weighted by atomic mass is 9.98. The number of nitrogens with zero attached hydrogens (tertiary/aromatic N) is 1. The molecule has 0 spiro atoms. The number of halogens is 2. The van der Waals surface area contributed by atoms with E-state index in [9.17, 15) is 13.9 Å². The van der Waals surface area contributed by atoms with Gasteiger partial charge >= 0.3 is 0 Å². The van der Waals surface area contributed by atoms with Crippen LogP contribution in [0.5, 0.6) is 0 Å². The average Bonchev–Trinajstić information content (AvgIpc) is 2.96. The molecule has 1 N–H and O–H groups in total. The summed E-state index contributed by atoms with van der Waals surface area (Å²) in [4.78, 5) is 0. The van der Waals surface area contributed by atoms with Crippen LogP contribution >= 0.6 is 0 Å². The Morgan fingerprint density at radius 1 is 1.14 bits per heavy atom. The van der Waals surface area contributed by atoms with Gasteiger partial charge in [-0.25, -0.2) is 8.78 Å². The van der Waals surface area contributed by atoms with E-state index in [1.807, 2.05) is 0 Å². The maximum absolute atomic E-state index is 14.3. The molecule has 0 saturated carbocycles. The van der Waals surface area contributed by atoms with Gasteiger partial charge in [-0.05, 0) is 35.9 Å². The van der Waals surface area contributed by atoms with Crippen molar-refractivity contribution in [2.24, 2.45) is 0 Å². The van der Waals surface area contributed by atoms with Gasteiger partial charge in [0.2, 0.25) is 0 Å². The predicted molar refractivity (Wildman–Crippen MR) is 72.2 cm³/mol. The van der Waals surface area contributed by atoms with Crippen molar-refractivity contribution < 1.29 is 18.3 Å². The first-order valence-corrected chi connectivity index (χ1v) is 6.14. The van der Waals surface area contributed by atoms with E-state index >= 15 is 0 Å². The van der Waals surface area contributed by atoms with E-state index in [1.54, 1.807) is 18.2 Å². The topological polar surface area (TPSA) is 57.2 Å². The van der Waals surface area contributed by atoms with Crippen molar-refractivity contribution in [1.82, 2.24) is 0 Å². The number of aliphatic hydroxyl groups is 1. The van der Waals surface area contributed by atoms with E-state index in [1.165, 1.54) is 12.3 Å². The maximum Gasteiger partial charge on any atom is 0.149 e.